The summed E-state index contributed by atoms with van der Waals surface area (Å²) in [5.74, 6) is -1.08. The van der Waals surface area contributed by atoms with Crippen LogP contribution in [0.4, 0.5) is 18.9 Å². The van der Waals surface area contributed by atoms with Crippen LogP contribution in [-0.2, 0) is 19.0 Å². The number of carboxylic acids is 1. The van der Waals surface area contributed by atoms with Gasteiger partial charge in [0.1, 0.15) is 0 Å². The Hall–Kier alpha value is -3.62. The van der Waals surface area contributed by atoms with Crippen molar-refractivity contribution in [2.45, 2.75) is 38.3 Å². The summed E-state index contributed by atoms with van der Waals surface area (Å²) in [5, 5.41) is 13.6. The van der Waals surface area contributed by atoms with Crippen LogP contribution in [0.25, 0.3) is 16.9 Å². The fraction of sp³-hybridized carbons (Fsp3) is 0.320. The van der Waals surface area contributed by atoms with Crippen LogP contribution in [0.3, 0.4) is 0 Å². The lowest BCUT2D eigenvalue weighted by molar-refractivity contribution is -0.137. The summed E-state index contributed by atoms with van der Waals surface area (Å²) in [6, 6.07) is 9.86. The Morgan fingerprint density at radius 1 is 0.941 bits per heavy atom. The smallest absolute Gasteiger partial charge is 0.418 e. The molecule has 9 heteroatoms. The van der Waals surface area contributed by atoms with Gasteiger partial charge in [0.2, 0.25) is 0 Å². The molecule has 1 aliphatic carbocycles. The van der Waals surface area contributed by atoms with E-state index in [1.165, 1.54) is 24.3 Å². The van der Waals surface area contributed by atoms with Crippen LogP contribution in [0.15, 0.2) is 47.3 Å². The lowest BCUT2D eigenvalue weighted by Crippen LogP contribution is -2.28. The second-order valence-electron chi connectivity index (χ2n) is 8.65. The highest BCUT2D eigenvalue weighted by Crippen LogP contribution is 2.37. The minimum absolute atomic E-state index is 0.0892. The average Bonchev–Trinajstić information content (AvgIpc) is 3.51. The maximum atomic E-state index is 14.0. The van der Waals surface area contributed by atoms with Crippen molar-refractivity contribution < 1.29 is 23.1 Å². The van der Waals surface area contributed by atoms with Gasteiger partial charge in [0, 0.05) is 29.9 Å². The number of alkyl halides is 3. The number of halogens is 3. The maximum absolute atomic E-state index is 14.0. The third-order valence-corrected chi connectivity index (χ3v) is 6.55. The van der Waals surface area contributed by atoms with Gasteiger partial charge in [-0.2, -0.15) is 23.0 Å². The number of aromatic nitrogens is 2. The first kappa shape index (κ1) is 22.2. The fourth-order valence-electron chi connectivity index (χ4n) is 4.85. The molecule has 1 saturated heterocycles. The molecule has 0 amide bonds. The van der Waals surface area contributed by atoms with Crippen molar-refractivity contribution in [3.63, 3.8) is 0 Å². The first-order valence-corrected chi connectivity index (χ1v) is 11.2. The molecule has 0 bridgehead atoms. The number of hydrogen-bond donors (Lipinski definition) is 1. The summed E-state index contributed by atoms with van der Waals surface area (Å²) >= 11 is 0. The van der Waals surface area contributed by atoms with Gasteiger partial charge in [0.25, 0.3) is 5.56 Å². The number of aromatic carboxylic acids is 1. The number of anilines is 1. The molecule has 5 rings (SSSR count). The molecule has 0 atom stereocenters. The first-order valence-electron chi connectivity index (χ1n) is 11.2. The summed E-state index contributed by atoms with van der Waals surface area (Å²) in [6.45, 7) is 1.50. The Balaban J connectivity index is 1.73. The zero-order valence-electron chi connectivity index (χ0n) is 18.2. The van der Waals surface area contributed by atoms with Crippen molar-refractivity contribution in [3.8, 4) is 16.9 Å². The standard InChI is InChI=1S/C25H22F3N3O3/c26-25(27,28)20-11-10-17(30-12-1-2-13-30)14-21(20)31-23(32)19-5-3-4-18(19)22(29-31)15-6-8-16(9-7-15)24(33)34/h6-11,14H,1-5,12-13H2,(H,33,34). The van der Waals surface area contributed by atoms with Crippen molar-refractivity contribution in [1.29, 1.82) is 0 Å². The Kier molecular flexibility index (Phi) is 5.42. The first-order chi connectivity index (χ1) is 16.2. The van der Waals surface area contributed by atoms with Crippen molar-refractivity contribution in [3.05, 3.63) is 75.1 Å². The van der Waals surface area contributed by atoms with Crippen molar-refractivity contribution in [1.82, 2.24) is 9.78 Å². The SMILES string of the molecule is O=C(O)c1ccc(-c2nn(-c3cc(N4CCCC4)ccc3C(F)(F)F)c(=O)c3c2CCC3)cc1. The second kappa shape index (κ2) is 8.30. The molecular weight excluding hydrogens is 447 g/mol. The molecule has 0 radical (unpaired) electrons. The minimum Gasteiger partial charge on any atom is -0.478 e. The molecule has 0 spiro atoms. The van der Waals surface area contributed by atoms with E-state index in [-0.39, 0.29) is 11.3 Å². The molecule has 3 aromatic rings. The Morgan fingerprint density at radius 2 is 1.62 bits per heavy atom. The van der Waals surface area contributed by atoms with Gasteiger partial charge in [0.05, 0.1) is 22.5 Å². The minimum atomic E-state index is -4.66. The van der Waals surface area contributed by atoms with E-state index in [0.29, 0.717) is 47.3 Å². The molecule has 1 N–H and O–H groups in total. The summed E-state index contributed by atoms with van der Waals surface area (Å²) in [5.41, 5.74) is 1.11. The van der Waals surface area contributed by atoms with E-state index in [1.54, 1.807) is 12.1 Å². The lowest BCUT2D eigenvalue weighted by atomic mass is 10.0. The molecule has 34 heavy (non-hydrogen) atoms. The summed E-state index contributed by atoms with van der Waals surface area (Å²) in [6.07, 6.45) is -0.981. The predicted molar refractivity (Wildman–Crippen MR) is 121 cm³/mol. The number of fused-ring (bicyclic) bond motifs is 1. The predicted octanol–water partition coefficient (Wildman–Crippen LogP) is 4.71. The van der Waals surface area contributed by atoms with E-state index >= 15 is 0 Å². The quantitative estimate of drug-likeness (QED) is 0.599. The lowest BCUT2D eigenvalue weighted by Gasteiger charge is -2.22. The van der Waals surface area contributed by atoms with E-state index in [1.807, 2.05) is 4.90 Å². The van der Waals surface area contributed by atoms with Crippen LogP contribution in [-0.4, -0.2) is 33.9 Å². The normalized spacial score (nSPS) is 15.6. The summed E-state index contributed by atoms with van der Waals surface area (Å²) < 4.78 is 42.8. The van der Waals surface area contributed by atoms with Crippen LogP contribution in [0, 0.1) is 0 Å². The van der Waals surface area contributed by atoms with Crippen molar-refractivity contribution in [2.24, 2.45) is 0 Å². The number of benzene rings is 2. The van der Waals surface area contributed by atoms with E-state index in [9.17, 15) is 27.9 Å². The number of carboxylic acid groups (broad SMARTS) is 1. The number of carbonyl (C=O) groups is 1. The number of nitrogens with zero attached hydrogens (tertiary/aromatic N) is 3. The van der Waals surface area contributed by atoms with Crippen LogP contribution in [0.2, 0.25) is 0 Å². The van der Waals surface area contributed by atoms with Crippen LogP contribution >= 0.6 is 0 Å². The largest absolute Gasteiger partial charge is 0.478 e. The van der Waals surface area contributed by atoms with Gasteiger partial charge in [-0.15, -0.1) is 0 Å². The van der Waals surface area contributed by atoms with Crippen molar-refractivity contribution in [2.75, 3.05) is 18.0 Å². The Bertz CT molecular complexity index is 1320. The fourth-order valence-corrected chi connectivity index (χ4v) is 4.85. The molecule has 176 valence electrons. The third-order valence-electron chi connectivity index (χ3n) is 6.55. The molecule has 1 aliphatic heterocycles. The van der Waals surface area contributed by atoms with Crippen LogP contribution in [0.1, 0.15) is 46.3 Å². The topological polar surface area (TPSA) is 75.4 Å². The van der Waals surface area contributed by atoms with Crippen LogP contribution < -0.4 is 10.5 Å². The summed E-state index contributed by atoms with van der Waals surface area (Å²) in [4.78, 5) is 26.6. The van der Waals surface area contributed by atoms with Gasteiger partial charge >= 0.3 is 12.1 Å². The molecule has 0 unspecified atom stereocenters. The number of rotatable bonds is 4. The highest BCUT2D eigenvalue weighted by Gasteiger charge is 2.36. The van der Waals surface area contributed by atoms with E-state index in [4.69, 9.17) is 0 Å². The van der Waals surface area contributed by atoms with Crippen molar-refractivity contribution >= 4 is 11.7 Å². The maximum Gasteiger partial charge on any atom is 0.418 e. The number of hydrogen-bond acceptors (Lipinski definition) is 4. The molecule has 0 saturated carbocycles. The average molecular weight is 469 g/mol. The zero-order valence-corrected chi connectivity index (χ0v) is 18.2. The van der Waals surface area contributed by atoms with Crippen LogP contribution in [0.5, 0.6) is 0 Å². The Morgan fingerprint density at radius 3 is 2.26 bits per heavy atom. The van der Waals surface area contributed by atoms with E-state index in [0.717, 1.165) is 36.7 Å². The van der Waals surface area contributed by atoms with Gasteiger partial charge < -0.3 is 10.0 Å². The highest BCUT2D eigenvalue weighted by atomic mass is 19.4. The third kappa shape index (κ3) is 3.85. The second-order valence-corrected chi connectivity index (χ2v) is 8.65. The molecule has 2 aliphatic rings. The van der Waals surface area contributed by atoms with Gasteiger partial charge in [0.15, 0.2) is 0 Å². The van der Waals surface area contributed by atoms with E-state index < -0.39 is 23.3 Å². The molecular formula is C25H22F3N3O3. The zero-order chi connectivity index (χ0) is 24.0. The van der Waals surface area contributed by atoms with E-state index in [2.05, 4.69) is 5.10 Å². The molecule has 2 heterocycles. The van der Waals surface area contributed by atoms with Gasteiger partial charge in [-0.25, -0.2) is 4.79 Å². The molecule has 6 nitrogen and oxygen atoms in total. The summed E-state index contributed by atoms with van der Waals surface area (Å²) in [7, 11) is 0. The molecule has 1 aromatic heterocycles. The molecule has 2 aromatic carbocycles. The highest BCUT2D eigenvalue weighted by molar-refractivity contribution is 5.88. The van der Waals surface area contributed by atoms with Gasteiger partial charge in [-0.1, -0.05) is 12.1 Å². The monoisotopic (exact) mass is 469 g/mol. The molecule has 1 fully saturated rings. The van der Waals surface area contributed by atoms with Gasteiger partial charge in [-0.3, -0.25) is 4.79 Å². The Labute approximate surface area is 193 Å². The van der Waals surface area contributed by atoms with Gasteiger partial charge in [-0.05, 0) is 68.0 Å².